The summed E-state index contributed by atoms with van der Waals surface area (Å²) in [6.45, 7) is 6.17. The Hall–Kier alpha value is -4.57. The molecule has 0 bridgehead atoms. The van der Waals surface area contributed by atoms with E-state index >= 15 is 0 Å². The van der Waals surface area contributed by atoms with Gasteiger partial charge in [0.1, 0.15) is 5.75 Å². The van der Waals surface area contributed by atoms with Crippen LogP contribution < -0.4 is 30.3 Å². The Labute approximate surface area is 237 Å². The number of benzene rings is 3. The van der Waals surface area contributed by atoms with Crippen LogP contribution in [-0.2, 0) is 14.4 Å². The second-order valence-electron chi connectivity index (χ2n) is 8.72. The fraction of sp³-hybridized carbons (Fsp3) is 0.241. The van der Waals surface area contributed by atoms with E-state index in [0.717, 1.165) is 17.5 Å². The summed E-state index contributed by atoms with van der Waals surface area (Å²) in [5, 5.41) is 9.25. The van der Waals surface area contributed by atoms with Crippen LogP contribution in [-0.4, -0.2) is 44.3 Å². The first kappa shape index (κ1) is 30.0. The van der Waals surface area contributed by atoms with Gasteiger partial charge in [0, 0.05) is 11.4 Å². The van der Waals surface area contributed by atoms with Gasteiger partial charge in [0.15, 0.2) is 18.1 Å². The molecule has 3 aromatic carbocycles. The number of carbonyl (C=O) groups is 3. The smallest absolute Gasteiger partial charge is 0.329 e. The monoisotopic (exact) mass is 566 g/mol. The average molecular weight is 567 g/mol. The van der Waals surface area contributed by atoms with Gasteiger partial charge < -0.3 is 24.8 Å². The second-order valence-corrected chi connectivity index (χ2v) is 9.12. The van der Waals surface area contributed by atoms with Crippen LogP contribution in [0, 0.1) is 13.8 Å². The van der Waals surface area contributed by atoms with E-state index in [1.165, 1.54) is 19.4 Å². The summed E-state index contributed by atoms with van der Waals surface area (Å²) in [4.78, 5) is 36.7. The van der Waals surface area contributed by atoms with Crippen LogP contribution in [0.1, 0.15) is 30.0 Å². The summed E-state index contributed by atoms with van der Waals surface area (Å²) in [6, 6.07) is 15.4. The van der Waals surface area contributed by atoms with Crippen molar-refractivity contribution < 1.29 is 28.6 Å². The molecule has 40 heavy (non-hydrogen) atoms. The second kappa shape index (κ2) is 14.5. The molecule has 0 radical (unpaired) electrons. The number of methoxy groups -OCH3 is 1. The number of carbonyl (C=O) groups excluding carboxylic acids is 3. The molecular formula is C29H31ClN4O6. The summed E-state index contributed by atoms with van der Waals surface area (Å²) in [5.74, 6) is -1.12. The largest absolute Gasteiger partial charge is 0.494 e. The Morgan fingerprint density at radius 1 is 0.950 bits per heavy atom. The number of aryl methyl sites for hydroxylation is 2. The minimum absolute atomic E-state index is 0.163. The first-order valence-corrected chi connectivity index (χ1v) is 12.8. The molecule has 0 saturated heterocycles. The molecule has 0 atom stereocenters. The first-order chi connectivity index (χ1) is 19.2. The Bertz CT molecular complexity index is 1390. The fourth-order valence-corrected chi connectivity index (χ4v) is 3.76. The molecule has 210 valence electrons. The van der Waals surface area contributed by atoms with E-state index in [1.54, 1.807) is 30.3 Å². The molecular weight excluding hydrogens is 536 g/mol. The predicted molar refractivity (Wildman–Crippen MR) is 155 cm³/mol. The van der Waals surface area contributed by atoms with Gasteiger partial charge in [-0.1, -0.05) is 36.2 Å². The highest BCUT2D eigenvalue weighted by atomic mass is 35.5. The standard InChI is InChI=1S/C29H31ClN4O6/c1-5-12-39-22-9-7-21(8-10-22)32-28(36)29(37)34-31-16-20-14-23(30)27(25(15-20)38-4)40-17-26(35)33-24-11-6-18(2)13-19(24)3/h6-11,13-16H,5,12,17H2,1-4H3,(H,32,36)(H,33,35)(H,34,37)/b31-16-. The molecule has 0 fully saturated rings. The van der Waals surface area contributed by atoms with Gasteiger partial charge in [-0.05, 0) is 73.9 Å². The van der Waals surface area contributed by atoms with Crippen LogP contribution in [0.4, 0.5) is 11.4 Å². The van der Waals surface area contributed by atoms with E-state index in [2.05, 4.69) is 21.2 Å². The number of rotatable bonds is 11. The van der Waals surface area contributed by atoms with Crippen LogP contribution in [0.2, 0.25) is 5.02 Å². The number of nitrogens with one attached hydrogen (secondary N) is 3. The number of ether oxygens (including phenoxy) is 3. The molecule has 3 rings (SSSR count). The molecule has 3 amide bonds. The molecule has 0 aliphatic heterocycles. The summed E-state index contributed by atoms with van der Waals surface area (Å²) < 4.78 is 16.5. The lowest BCUT2D eigenvalue weighted by Gasteiger charge is -2.14. The SMILES string of the molecule is CCCOc1ccc(NC(=O)C(=O)N/N=C\c2cc(Cl)c(OCC(=O)Nc3ccc(C)cc3C)c(OC)c2)cc1. The Kier molecular flexibility index (Phi) is 10.9. The Morgan fingerprint density at radius 3 is 2.38 bits per heavy atom. The molecule has 10 nitrogen and oxygen atoms in total. The van der Waals surface area contributed by atoms with Crippen molar-refractivity contribution in [2.75, 3.05) is 31.0 Å². The van der Waals surface area contributed by atoms with Crippen LogP contribution in [0.25, 0.3) is 0 Å². The van der Waals surface area contributed by atoms with Crippen molar-refractivity contribution in [1.82, 2.24) is 5.43 Å². The van der Waals surface area contributed by atoms with Crippen LogP contribution in [0.3, 0.4) is 0 Å². The molecule has 0 unspecified atom stereocenters. The third kappa shape index (κ3) is 8.74. The third-order valence-corrected chi connectivity index (χ3v) is 5.71. The lowest BCUT2D eigenvalue weighted by Crippen LogP contribution is -2.32. The van der Waals surface area contributed by atoms with Crippen LogP contribution in [0.5, 0.6) is 17.2 Å². The molecule has 3 N–H and O–H groups in total. The minimum Gasteiger partial charge on any atom is -0.494 e. The average Bonchev–Trinajstić information content (AvgIpc) is 2.93. The zero-order valence-corrected chi connectivity index (χ0v) is 23.4. The van der Waals surface area contributed by atoms with Crippen molar-refractivity contribution >= 4 is 46.9 Å². The van der Waals surface area contributed by atoms with E-state index < -0.39 is 11.8 Å². The zero-order valence-electron chi connectivity index (χ0n) is 22.7. The number of hydrogen-bond donors (Lipinski definition) is 3. The maximum Gasteiger partial charge on any atom is 0.329 e. The van der Waals surface area contributed by atoms with Gasteiger partial charge >= 0.3 is 11.8 Å². The van der Waals surface area contributed by atoms with Gasteiger partial charge in [0.05, 0.1) is 25.0 Å². The number of amides is 3. The van der Waals surface area contributed by atoms with Crippen molar-refractivity contribution in [3.05, 3.63) is 76.3 Å². The van der Waals surface area contributed by atoms with Crippen molar-refractivity contribution in [3.63, 3.8) is 0 Å². The number of hydrazone groups is 1. The maximum atomic E-state index is 12.4. The number of nitrogens with zero attached hydrogens (tertiary/aromatic N) is 1. The molecule has 0 spiro atoms. The number of anilines is 2. The summed E-state index contributed by atoms with van der Waals surface area (Å²) in [6.07, 6.45) is 2.17. The predicted octanol–water partition coefficient (Wildman–Crippen LogP) is 4.86. The van der Waals surface area contributed by atoms with E-state index in [0.29, 0.717) is 29.3 Å². The molecule has 0 aliphatic rings. The molecule has 0 saturated carbocycles. The highest BCUT2D eigenvalue weighted by Crippen LogP contribution is 2.36. The minimum atomic E-state index is -0.963. The summed E-state index contributed by atoms with van der Waals surface area (Å²) >= 11 is 6.36. The van der Waals surface area contributed by atoms with Crippen molar-refractivity contribution in [1.29, 1.82) is 0 Å². The lowest BCUT2D eigenvalue weighted by molar-refractivity contribution is -0.136. The van der Waals surface area contributed by atoms with Gasteiger partial charge in [-0.15, -0.1) is 0 Å². The topological polar surface area (TPSA) is 127 Å². The van der Waals surface area contributed by atoms with E-state index in [4.69, 9.17) is 25.8 Å². The fourth-order valence-electron chi connectivity index (χ4n) is 3.49. The van der Waals surface area contributed by atoms with Crippen molar-refractivity contribution in [3.8, 4) is 17.2 Å². The van der Waals surface area contributed by atoms with Gasteiger partial charge in [-0.3, -0.25) is 14.4 Å². The van der Waals surface area contributed by atoms with Gasteiger partial charge in [-0.25, -0.2) is 5.43 Å². The number of hydrogen-bond acceptors (Lipinski definition) is 7. The van der Waals surface area contributed by atoms with Gasteiger partial charge in [0.2, 0.25) is 0 Å². The first-order valence-electron chi connectivity index (χ1n) is 12.4. The van der Waals surface area contributed by atoms with Crippen molar-refractivity contribution in [2.24, 2.45) is 5.10 Å². The molecule has 0 aromatic heterocycles. The highest BCUT2D eigenvalue weighted by molar-refractivity contribution is 6.39. The Morgan fingerprint density at radius 2 is 1.70 bits per heavy atom. The summed E-state index contributed by atoms with van der Waals surface area (Å²) in [5.41, 5.74) is 5.76. The zero-order chi connectivity index (χ0) is 29.1. The number of halogens is 1. The van der Waals surface area contributed by atoms with Gasteiger partial charge in [0.25, 0.3) is 5.91 Å². The summed E-state index contributed by atoms with van der Waals surface area (Å²) in [7, 11) is 1.42. The van der Waals surface area contributed by atoms with Gasteiger partial charge in [-0.2, -0.15) is 5.10 Å². The normalized spacial score (nSPS) is 10.6. The quantitative estimate of drug-likeness (QED) is 0.173. The molecule has 3 aromatic rings. The van der Waals surface area contributed by atoms with E-state index in [1.807, 2.05) is 39.0 Å². The van der Waals surface area contributed by atoms with Crippen molar-refractivity contribution in [2.45, 2.75) is 27.2 Å². The van der Waals surface area contributed by atoms with E-state index in [9.17, 15) is 14.4 Å². The molecule has 11 heteroatoms. The molecule has 0 heterocycles. The third-order valence-electron chi connectivity index (χ3n) is 5.43. The highest BCUT2D eigenvalue weighted by Gasteiger charge is 2.15. The lowest BCUT2D eigenvalue weighted by atomic mass is 10.1. The Balaban J connectivity index is 1.55. The van der Waals surface area contributed by atoms with E-state index in [-0.39, 0.29) is 29.0 Å². The molecule has 0 aliphatic carbocycles. The van der Waals surface area contributed by atoms with Crippen LogP contribution >= 0.6 is 11.6 Å². The van der Waals surface area contributed by atoms with Crippen LogP contribution in [0.15, 0.2) is 59.7 Å². The maximum absolute atomic E-state index is 12.4.